The van der Waals surface area contributed by atoms with Gasteiger partial charge in [-0.05, 0) is 42.0 Å². The van der Waals surface area contributed by atoms with E-state index in [0.717, 1.165) is 17.1 Å². The highest BCUT2D eigenvalue weighted by molar-refractivity contribution is 5.99. The van der Waals surface area contributed by atoms with Gasteiger partial charge in [0.2, 0.25) is 0 Å². The fourth-order valence-electron chi connectivity index (χ4n) is 2.07. The maximum atomic E-state index is 4.63. The van der Waals surface area contributed by atoms with Gasteiger partial charge < -0.3 is 0 Å². The Bertz CT molecular complexity index is 730. The third-order valence-electron chi connectivity index (χ3n) is 3.07. The molecule has 0 fully saturated rings. The normalized spacial score (nSPS) is 11.7. The highest BCUT2D eigenvalue weighted by Crippen LogP contribution is 2.21. The van der Waals surface area contributed by atoms with Crippen LogP contribution in [0.4, 0.5) is 5.69 Å². The molecule has 0 saturated heterocycles. The molecule has 19 heavy (non-hydrogen) atoms. The van der Waals surface area contributed by atoms with Crippen LogP contribution in [0.1, 0.15) is 12.6 Å². The molecule has 0 aliphatic heterocycles. The van der Waals surface area contributed by atoms with Crippen LogP contribution in [0.3, 0.4) is 0 Å². The molecule has 0 radical (unpaired) electrons. The maximum Gasteiger partial charge on any atom is 0.0841 e. The van der Waals surface area contributed by atoms with Crippen LogP contribution in [-0.2, 0) is 0 Å². The molecular formula is C17H14N2. The summed E-state index contributed by atoms with van der Waals surface area (Å²) in [5.41, 5.74) is 2.80. The van der Waals surface area contributed by atoms with Crippen LogP contribution < -0.4 is 0 Å². The molecule has 0 unspecified atom stereocenters. The predicted molar refractivity (Wildman–Crippen MR) is 80.1 cm³/mol. The molecule has 0 atom stereocenters. The van der Waals surface area contributed by atoms with Gasteiger partial charge in [-0.3, -0.25) is 9.98 Å². The first kappa shape index (κ1) is 11.6. The molecule has 0 bridgehead atoms. The molecule has 1 aromatic heterocycles. The molecule has 0 aliphatic carbocycles. The number of nitrogens with zero attached hydrogens (tertiary/aromatic N) is 2. The van der Waals surface area contributed by atoms with Gasteiger partial charge >= 0.3 is 0 Å². The fourth-order valence-corrected chi connectivity index (χ4v) is 2.07. The highest BCUT2D eigenvalue weighted by atomic mass is 14.8. The van der Waals surface area contributed by atoms with E-state index >= 15 is 0 Å². The summed E-state index contributed by atoms with van der Waals surface area (Å²) in [6.07, 6.45) is 1.79. The molecule has 2 nitrogen and oxygen atoms in total. The summed E-state index contributed by atoms with van der Waals surface area (Å²) < 4.78 is 0. The zero-order chi connectivity index (χ0) is 13.1. The van der Waals surface area contributed by atoms with Crippen LogP contribution in [0.25, 0.3) is 10.8 Å². The lowest BCUT2D eigenvalue weighted by Crippen LogP contribution is -1.96. The summed E-state index contributed by atoms with van der Waals surface area (Å²) in [6, 6.07) is 20.4. The van der Waals surface area contributed by atoms with Crippen LogP contribution in [0.5, 0.6) is 0 Å². The van der Waals surface area contributed by atoms with Crippen molar-refractivity contribution in [3.8, 4) is 0 Å². The summed E-state index contributed by atoms with van der Waals surface area (Å²) in [5, 5.41) is 2.44. The molecule has 1 heterocycles. The molecule has 0 amide bonds. The first-order valence-electron chi connectivity index (χ1n) is 6.28. The van der Waals surface area contributed by atoms with Crippen molar-refractivity contribution in [1.29, 1.82) is 0 Å². The summed E-state index contributed by atoms with van der Waals surface area (Å²) in [6.45, 7) is 1.98. The van der Waals surface area contributed by atoms with Gasteiger partial charge in [-0.25, -0.2) is 0 Å². The number of fused-ring (bicyclic) bond motifs is 1. The second kappa shape index (κ2) is 5.02. The first-order chi connectivity index (χ1) is 9.33. The molecule has 3 rings (SSSR count). The summed E-state index contributed by atoms with van der Waals surface area (Å²) in [5.74, 6) is 0. The molecule has 0 N–H and O–H groups in total. The Balaban J connectivity index is 2.01. The van der Waals surface area contributed by atoms with E-state index in [1.165, 1.54) is 10.8 Å². The third kappa shape index (κ3) is 2.52. The molecular weight excluding hydrogens is 232 g/mol. The van der Waals surface area contributed by atoms with Gasteiger partial charge in [-0.15, -0.1) is 0 Å². The lowest BCUT2D eigenvalue weighted by Gasteiger charge is -2.02. The zero-order valence-corrected chi connectivity index (χ0v) is 10.7. The number of aliphatic imine (C=N–C) groups is 1. The van der Waals surface area contributed by atoms with Crippen molar-refractivity contribution in [2.75, 3.05) is 0 Å². The van der Waals surface area contributed by atoms with Gasteiger partial charge in [-0.2, -0.15) is 0 Å². The topological polar surface area (TPSA) is 25.2 Å². The van der Waals surface area contributed by atoms with Crippen LogP contribution in [0.2, 0.25) is 0 Å². The Kier molecular flexibility index (Phi) is 3.07. The number of rotatable bonds is 2. The lowest BCUT2D eigenvalue weighted by molar-refractivity contribution is 1.28. The van der Waals surface area contributed by atoms with Crippen LogP contribution >= 0.6 is 0 Å². The Morgan fingerprint density at radius 3 is 2.47 bits per heavy atom. The maximum absolute atomic E-state index is 4.63. The lowest BCUT2D eigenvalue weighted by atomic mass is 10.1. The van der Waals surface area contributed by atoms with Crippen molar-refractivity contribution in [3.63, 3.8) is 0 Å². The third-order valence-corrected chi connectivity index (χ3v) is 3.07. The summed E-state index contributed by atoms with van der Waals surface area (Å²) in [4.78, 5) is 8.94. The van der Waals surface area contributed by atoms with E-state index in [1.54, 1.807) is 6.20 Å². The average molecular weight is 246 g/mol. The van der Waals surface area contributed by atoms with E-state index in [-0.39, 0.29) is 0 Å². The fraction of sp³-hybridized carbons (Fsp3) is 0.0588. The van der Waals surface area contributed by atoms with E-state index in [4.69, 9.17) is 0 Å². The van der Waals surface area contributed by atoms with Gasteiger partial charge in [0.05, 0.1) is 17.1 Å². The Hall–Kier alpha value is -2.48. The average Bonchev–Trinajstić information content (AvgIpc) is 2.48. The first-order valence-corrected chi connectivity index (χ1v) is 6.28. The van der Waals surface area contributed by atoms with Crippen molar-refractivity contribution < 1.29 is 0 Å². The Labute approximate surface area is 112 Å². The van der Waals surface area contributed by atoms with Crippen molar-refractivity contribution in [2.45, 2.75) is 6.92 Å². The van der Waals surface area contributed by atoms with Crippen molar-refractivity contribution in [2.24, 2.45) is 4.99 Å². The predicted octanol–water partition coefficient (Wildman–Crippen LogP) is 4.38. The minimum atomic E-state index is 0.913. The standard InChI is InChI=1S/C17H14N2/c1-13(17-8-4-5-11-18-17)19-16-10-9-14-6-2-3-7-15(14)12-16/h2-12H,1H3. The van der Waals surface area contributed by atoms with Crippen molar-refractivity contribution in [3.05, 3.63) is 72.6 Å². The van der Waals surface area contributed by atoms with Crippen molar-refractivity contribution >= 4 is 22.2 Å². The van der Waals surface area contributed by atoms with Gasteiger partial charge in [0, 0.05) is 6.20 Å². The summed E-state index contributed by atoms with van der Waals surface area (Å²) in [7, 11) is 0. The minimum Gasteiger partial charge on any atom is -0.255 e. The van der Waals surface area contributed by atoms with Gasteiger partial charge in [0.15, 0.2) is 0 Å². The van der Waals surface area contributed by atoms with Gasteiger partial charge in [-0.1, -0.05) is 36.4 Å². The minimum absolute atomic E-state index is 0.913. The smallest absolute Gasteiger partial charge is 0.0841 e. The number of pyridine rings is 1. The van der Waals surface area contributed by atoms with E-state index in [9.17, 15) is 0 Å². The number of hydrogen-bond acceptors (Lipinski definition) is 2. The van der Waals surface area contributed by atoms with Crippen LogP contribution in [0.15, 0.2) is 71.9 Å². The Morgan fingerprint density at radius 2 is 1.68 bits per heavy atom. The number of aromatic nitrogens is 1. The number of hydrogen-bond donors (Lipinski definition) is 0. The molecule has 2 heteroatoms. The van der Waals surface area contributed by atoms with Crippen LogP contribution in [0, 0.1) is 0 Å². The quantitative estimate of drug-likeness (QED) is 0.616. The SMILES string of the molecule is CC(=Nc1ccc2ccccc2c1)c1ccccn1. The second-order valence-electron chi connectivity index (χ2n) is 4.44. The Morgan fingerprint density at radius 1 is 0.895 bits per heavy atom. The van der Waals surface area contributed by atoms with E-state index in [2.05, 4.69) is 34.2 Å². The zero-order valence-electron chi connectivity index (χ0n) is 10.7. The van der Waals surface area contributed by atoms with E-state index in [0.29, 0.717) is 0 Å². The molecule has 0 spiro atoms. The van der Waals surface area contributed by atoms with E-state index in [1.807, 2.05) is 43.3 Å². The van der Waals surface area contributed by atoms with Gasteiger partial charge in [0.25, 0.3) is 0 Å². The largest absolute Gasteiger partial charge is 0.255 e. The molecule has 3 aromatic rings. The molecule has 0 aliphatic rings. The van der Waals surface area contributed by atoms with Crippen LogP contribution in [-0.4, -0.2) is 10.7 Å². The summed E-state index contributed by atoms with van der Waals surface area (Å²) >= 11 is 0. The second-order valence-corrected chi connectivity index (χ2v) is 4.44. The van der Waals surface area contributed by atoms with Gasteiger partial charge in [0.1, 0.15) is 0 Å². The molecule has 2 aromatic carbocycles. The molecule has 92 valence electrons. The van der Waals surface area contributed by atoms with Crippen molar-refractivity contribution in [1.82, 2.24) is 4.98 Å². The molecule has 0 saturated carbocycles. The van der Waals surface area contributed by atoms with E-state index < -0.39 is 0 Å². The number of benzene rings is 2. The highest BCUT2D eigenvalue weighted by Gasteiger charge is 1.99. The monoisotopic (exact) mass is 246 g/mol.